The van der Waals surface area contributed by atoms with E-state index < -0.39 is 45.6 Å². The fourth-order valence-corrected chi connectivity index (χ4v) is 3.00. The summed E-state index contributed by atoms with van der Waals surface area (Å²) >= 11 is 0. The van der Waals surface area contributed by atoms with E-state index in [4.69, 9.17) is 0 Å². The standard InChI is InChI=1S/C17H17F3N2O3S/c1-26(24,25)22(10-9-12-5-7-13(18)8-6-12)11-16(23)21-17-14(19)3-2-4-15(17)20/h2-8H,9-11H2,1H3,(H,21,23). The van der Waals surface area contributed by atoms with Crippen molar-refractivity contribution in [3.63, 3.8) is 0 Å². The van der Waals surface area contributed by atoms with Crippen molar-refractivity contribution >= 4 is 21.6 Å². The lowest BCUT2D eigenvalue weighted by Gasteiger charge is -2.19. The molecule has 26 heavy (non-hydrogen) atoms. The quantitative estimate of drug-likeness (QED) is 0.795. The van der Waals surface area contributed by atoms with Crippen LogP contribution in [-0.2, 0) is 21.2 Å². The van der Waals surface area contributed by atoms with Crippen LogP contribution >= 0.6 is 0 Å². The van der Waals surface area contributed by atoms with E-state index in [9.17, 15) is 26.4 Å². The average Bonchev–Trinajstić information content (AvgIpc) is 2.55. The van der Waals surface area contributed by atoms with E-state index >= 15 is 0 Å². The van der Waals surface area contributed by atoms with Crippen LogP contribution in [-0.4, -0.2) is 38.0 Å². The first kappa shape index (κ1) is 19.9. The smallest absolute Gasteiger partial charge is 0.239 e. The largest absolute Gasteiger partial charge is 0.320 e. The Morgan fingerprint density at radius 1 is 1.04 bits per heavy atom. The summed E-state index contributed by atoms with van der Waals surface area (Å²) in [6.07, 6.45) is 1.17. The first-order valence-corrected chi connectivity index (χ1v) is 9.45. The van der Waals surface area contributed by atoms with Gasteiger partial charge < -0.3 is 5.32 Å². The summed E-state index contributed by atoms with van der Waals surface area (Å²) in [6, 6.07) is 8.59. The van der Waals surface area contributed by atoms with E-state index in [2.05, 4.69) is 0 Å². The normalized spacial score (nSPS) is 11.6. The van der Waals surface area contributed by atoms with Crippen LogP contribution in [0, 0.1) is 17.5 Å². The molecule has 0 fully saturated rings. The minimum absolute atomic E-state index is 0.0440. The van der Waals surface area contributed by atoms with Gasteiger partial charge in [0.2, 0.25) is 15.9 Å². The average molecular weight is 386 g/mol. The minimum Gasteiger partial charge on any atom is -0.320 e. The molecule has 0 aliphatic rings. The summed E-state index contributed by atoms with van der Waals surface area (Å²) < 4.78 is 64.6. The molecule has 2 aromatic carbocycles. The molecule has 0 saturated heterocycles. The minimum atomic E-state index is -3.74. The van der Waals surface area contributed by atoms with Crippen LogP contribution < -0.4 is 5.32 Å². The third kappa shape index (κ3) is 5.57. The third-order valence-corrected chi connectivity index (χ3v) is 4.83. The van der Waals surface area contributed by atoms with Crippen LogP contribution in [0.25, 0.3) is 0 Å². The Labute approximate surface area is 149 Å². The summed E-state index contributed by atoms with van der Waals surface area (Å²) in [4.78, 5) is 12.0. The van der Waals surface area contributed by atoms with Gasteiger partial charge in [-0.25, -0.2) is 21.6 Å². The molecule has 0 spiro atoms. The number of halogens is 3. The molecule has 0 saturated carbocycles. The van der Waals surface area contributed by atoms with E-state index in [1.165, 1.54) is 24.3 Å². The first-order chi connectivity index (χ1) is 12.2. The zero-order valence-corrected chi connectivity index (χ0v) is 14.7. The van der Waals surface area contributed by atoms with Gasteiger partial charge in [0.05, 0.1) is 12.8 Å². The van der Waals surface area contributed by atoms with Gasteiger partial charge in [0, 0.05) is 6.54 Å². The monoisotopic (exact) mass is 386 g/mol. The van der Waals surface area contributed by atoms with Crippen molar-refractivity contribution in [1.82, 2.24) is 4.31 Å². The molecule has 0 radical (unpaired) electrons. The highest BCUT2D eigenvalue weighted by Crippen LogP contribution is 2.18. The van der Waals surface area contributed by atoms with Gasteiger partial charge in [-0.3, -0.25) is 4.79 Å². The Kier molecular flexibility index (Phi) is 6.38. The fraction of sp³-hybridized carbons (Fsp3) is 0.235. The fourth-order valence-electron chi connectivity index (χ4n) is 2.22. The summed E-state index contributed by atoms with van der Waals surface area (Å²) in [5, 5.41) is 2.04. The van der Waals surface area contributed by atoms with Gasteiger partial charge in [-0.15, -0.1) is 0 Å². The topological polar surface area (TPSA) is 66.5 Å². The van der Waals surface area contributed by atoms with Gasteiger partial charge in [0.15, 0.2) is 0 Å². The number of hydrogen-bond acceptors (Lipinski definition) is 3. The van der Waals surface area contributed by atoms with Crippen LogP contribution in [0.5, 0.6) is 0 Å². The van der Waals surface area contributed by atoms with Crippen LogP contribution in [0.4, 0.5) is 18.9 Å². The number of hydrogen-bond donors (Lipinski definition) is 1. The Balaban J connectivity index is 2.05. The van der Waals surface area contributed by atoms with Crippen LogP contribution in [0.15, 0.2) is 42.5 Å². The van der Waals surface area contributed by atoms with Crippen LogP contribution in [0.3, 0.4) is 0 Å². The number of nitrogens with zero attached hydrogens (tertiary/aromatic N) is 1. The second kappa shape index (κ2) is 8.33. The van der Waals surface area contributed by atoms with Crippen molar-refractivity contribution < 1.29 is 26.4 Å². The third-order valence-electron chi connectivity index (χ3n) is 3.58. The predicted molar refractivity (Wildman–Crippen MR) is 91.5 cm³/mol. The zero-order chi connectivity index (χ0) is 19.3. The van der Waals surface area contributed by atoms with E-state index in [0.29, 0.717) is 5.56 Å². The Morgan fingerprint density at radius 2 is 1.62 bits per heavy atom. The summed E-state index contributed by atoms with van der Waals surface area (Å²) in [7, 11) is -3.74. The van der Waals surface area contributed by atoms with E-state index in [0.717, 1.165) is 28.8 Å². The van der Waals surface area contributed by atoms with E-state index in [1.807, 2.05) is 5.32 Å². The van der Waals surface area contributed by atoms with Gasteiger partial charge in [0.25, 0.3) is 0 Å². The van der Waals surface area contributed by atoms with Crippen molar-refractivity contribution in [2.24, 2.45) is 0 Å². The predicted octanol–water partition coefficient (Wildman–Crippen LogP) is 2.55. The van der Waals surface area contributed by atoms with Crippen molar-refractivity contribution in [2.45, 2.75) is 6.42 Å². The number of carbonyl (C=O) groups is 1. The highest BCUT2D eigenvalue weighted by Gasteiger charge is 2.21. The number of rotatable bonds is 7. The number of nitrogens with one attached hydrogen (secondary N) is 1. The molecule has 1 N–H and O–H groups in total. The zero-order valence-electron chi connectivity index (χ0n) is 13.9. The summed E-state index contributed by atoms with van der Waals surface area (Å²) in [5.41, 5.74) is 0.0464. The number of anilines is 1. The molecule has 0 bridgehead atoms. The first-order valence-electron chi connectivity index (χ1n) is 7.60. The molecule has 2 rings (SSSR count). The molecule has 0 aromatic heterocycles. The molecular formula is C17H17F3N2O3S. The molecule has 9 heteroatoms. The maximum Gasteiger partial charge on any atom is 0.239 e. The molecule has 5 nitrogen and oxygen atoms in total. The molecule has 0 heterocycles. The Hall–Kier alpha value is -2.39. The molecule has 1 amide bonds. The van der Waals surface area contributed by atoms with Gasteiger partial charge in [-0.2, -0.15) is 4.31 Å². The number of sulfonamides is 1. The van der Waals surface area contributed by atoms with Crippen molar-refractivity contribution in [3.05, 3.63) is 65.5 Å². The number of benzene rings is 2. The lowest BCUT2D eigenvalue weighted by molar-refractivity contribution is -0.116. The van der Waals surface area contributed by atoms with Crippen molar-refractivity contribution in [1.29, 1.82) is 0 Å². The molecule has 2 aromatic rings. The van der Waals surface area contributed by atoms with Crippen LogP contribution in [0.1, 0.15) is 5.56 Å². The SMILES string of the molecule is CS(=O)(=O)N(CCc1ccc(F)cc1)CC(=O)Nc1c(F)cccc1F. The lowest BCUT2D eigenvalue weighted by atomic mass is 10.1. The highest BCUT2D eigenvalue weighted by molar-refractivity contribution is 7.88. The maximum absolute atomic E-state index is 13.6. The van der Waals surface area contributed by atoms with E-state index in [1.54, 1.807) is 0 Å². The highest BCUT2D eigenvalue weighted by atomic mass is 32.2. The molecule has 0 aliphatic heterocycles. The van der Waals surface area contributed by atoms with Gasteiger partial charge in [-0.1, -0.05) is 18.2 Å². The molecule has 140 valence electrons. The second-order valence-electron chi connectivity index (χ2n) is 5.62. The maximum atomic E-state index is 13.6. The molecular weight excluding hydrogens is 369 g/mol. The van der Waals surface area contributed by atoms with Gasteiger partial charge in [-0.05, 0) is 36.2 Å². The lowest BCUT2D eigenvalue weighted by Crippen LogP contribution is -2.38. The molecule has 0 atom stereocenters. The van der Waals surface area contributed by atoms with Gasteiger partial charge >= 0.3 is 0 Å². The number of carbonyl (C=O) groups excluding carboxylic acids is 1. The van der Waals surface area contributed by atoms with Crippen molar-refractivity contribution in [2.75, 3.05) is 24.7 Å². The van der Waals surface area contributed by atoms with Crippen molar-refractivity contribution in [3.8, 4) is 0 Å². The second-order valence-corrected chi connectivity index (χ2v) is 7.60. The Morgan fingerprint density at radius 3 is 2.15 bits per heavy atom. The molecule has 0 aliphatic carbocycles. The van der Waals surface area contributed by atoms with Gasteiger partial charge in [0.1, 0.15) is 23.1 Å². The summed E-state index contributed by atoms with van der Waals surface area (Å²) in [6.45, 7) is -0.647. The summed E-state index contributed by atoms with van der Waals surface area (Å²) in [5.74, 6) is -3.22. The molecule has 0 unspecified atom stereocenters. The number of amides is 1. The Bertz CT molecular complexity index is 866. The van der Waals surface area contributed by atoms with E-state index in [-0.39, 0.29) is 13.0 Å². The number of para-hydroxylation sites is 1. The van der Waals surface area contributed by atoms with Crippen LogP contribution in [0.2, 0.25) is 0 Å².